The lowest BCUT2D eigenvalue weighted by Crippen LogP contribution is -2.24. The maximum atomic E-state index is 5.97. The standard InChI is InChI=1S/C15H26ClN5/c1-6-7-12-14-15(20(5)18-12)21(11(2)10-19(3)4)13(17-14)8-9-16/h11H,6-10H2,1-5H3. The molecule has 0 saturated carbocycles. The molecule has 118 valence electrons. The summed E-state index contributed by atoms with van der Waals surface area (Å²) in [5, 5.41) is 4.65. The molecule has 0 aliphatic rings. The number of halogens is 1. The summed E-state index contributed by atoms with van der Waals surface area (Å²) < 4.78 is 4.28. The van der Waals surface area contributed by atoms with Crippen LogP contribution in [0.3, 0.4) is 0 Å². The Morgan fingerprint density at radius 2 is 2.00 bits per heavy atom. The summed E-state index contributed by atoms with van der Waals surface area (Å²) in [4.78, 5) is 7.05. The zero-order valence-electron chi connectivity index (χ0n) is 13.7. The summed E-state index contributed by atoms with van der Waals surface area (Å²) in [5.41, 5.74) is 3.26. The van der Waals surface area contributed by atoms with Crippen LogP contribution in [-0.2, 0) is 19.9 Å². The van der Waals surface area contributed by atoms with Crippen LogP contribution in [0.25, 0.3) is 11.2 Å². The van der Waals surface area contributed by atoms with Crippen LogP contribution in [0.4, 0.5) is 0 Å². The number of aromatic nitrogens is 4. The first-order chi connectivity index (χ1) is 9.99. The Hall–Kier alpha value is -1.07. The van der Waals surface area contributed by atoms with Crippen molar-refractivity contribution in [3.05, 3.63) is 11.5 Å². The van der Waals surface area contributed by atoms with Crippen molar-refractivity contribution in [2.24, 2.45) is 7.05 Å². The molecule has 0 aliphatic carbocycles. The van der Waals surface area contributed by atoms with Gasteiger partial charge < -0.3 is 9.47 Å². The summed E-state index contributed by atoms with van der Waals surface area (Å²) in [7, 11) is 6.20. The fourth-order valence-corrected chi connectivity index (χ4v) is 3.16. The van der Waals surface area contributed by atoms with Gasteiger partial charge in [-0.15, -0.1) is 11.6 Å². The maximum absolute atomic E-state index is 5.97. The molecule has 0 fully saturated rings. The van der Waals surface area contributed by atoms with Crippen molar-refractivity contribution in [1.82, 2.24) is 24.2 Å². The second-order valence-corrected chi connectivity index (χ2v) is 6.32. The number of rotatable bonds is 7. The second kappa shape index (κ2) is 6.79. The summed E-state index contributed by atoms with van der Waals surface area (Å²) >= 11 is 5.97. The van der Waals surface area contributed by atoms with Gasteiger partial charge in [0.25, 0.3) is 0 Å². The highest BCUT2D eigenvalue weighted by atomic mass is 35.5. The molecule has 2 rings (SSSR count). The number of likely N-dealkylation sites (N-methyl/N-ethyl adjacent to an activating group) is 1. The van der Waals surface area contributed by atoms with E-state index < -0.39 is 0 Å². The molecule has 6 heteroatoms. The SMILES string of the molecule is CCCc1nn(C)c2c1nc(CCCl)n2C(C)CN(C)C. The Morgan fingerprint density at radius 3 is 2.57 bits per heavy atom. The van der Waals surface area contributed by atoms with Gasteiger partial charge in [-0.25, -0.2) is 4.98 Å². The Balaban J connectivity index is 2.56. The van der Waals surface area contributed by atoms with Crippen LogP contribution in [-0.4, -0.2) is 50.8 Å². The largest absolute Gasteiger partial charge is 0.309 e. The Kier molecular flexibility index (Phi) is 5.27. The summed E-state index contributed by atoms with van der Waals surface area (Å²) in [5.74, 6) is 1.66. The minimum Gasteiger partial charge on any atom is -0.309 e. The van der Waals surface area contributed by atoms with Crippen molar-refractivity contribution in [3.8, 4) is 0 Å². The van der Waals surface area contributed by atoms with E-state index in [9.17, 15) is 0 Å². The predicted octanol–water partition coefficient (Wildman–Crippen LogP) is 2.63. The van der Waals surface area contributed by atoms with Gasteiger partial charge in [0, 0.05) is 31.9 Å². The number of nitrogens with zero attached hydrogens (tertiary/aromatic N) is 5. The van der Waals surface area contributed by atoms with Crippen molar-refractivity contribution in [2.45, 2.75) is 39.2 Å². The molecule has 0 aromatic carbocycles. The zero-order chi connectivity index (χ0) is 15.6. The minimum absolute atomic E-state index is 0.341. The Morgan fingerprint density at radius 1 is 1.29 bits per heavy atom. The zero-order valence-corrected chi connectivity index (χ0v) is 14.5. The fourth-order valence-electron chi connectivity index (χ4n) is 2.99. The van der Waals surface area contributed by atoms with E-state index in [0.29, 0.717) is 11.9 Å². The van der Waals surface area contributed by atoms with Gasteiger partial charge in [-0.05, 0) is 27.4 Å². The molecule has 1 unspecified atom stereocenters. The second-order valence-electron chi connectivity index (χ2n) is 5.94. The van der Waals surface area contributed by atoms with E-state index in [1.165, 1.54) is 0 Å². The molecular weight excluding hydrogens is 286 g/mol. The fraction of sp³-hybridized carbons (Fsp3) is 0.733. The molecule has 21 heavy (non-hydrogen) atoms. The highest BCUT2D eigenvalue weighted by molar-refractivity contribution is 6.17. The summed E-state index contributed by atoms with van der Waals surface area (Å²) in [6.45, 7) is 5.37. The summed E-state index contributed by atoms with van der Waals surface area (Å²) in [6.07, 6.45) is 2.84. The number of hydrogen-bond acceptors (Lipinski definition) is 3. The van der Waals surface area contributed by atoms with Gasteiger partial charge in [-0.2, -0.15) is 5.10 Å². The number of hydrogen-bond donors (Lipinski definition) is 0. The minimum atomic E-state index is 0.341. The van der Waals surface area contributed by atoms with Crippen LogP contribution >= 0.6 is 11.6 Å². The lowest BCUT2D eigenvalue weighted by Gasteiger charge is -2.21. The van der Waals surface area contributed by atoms with Crippen molar-refractivity contribution in [1.29, 1.82) is 0 Å². The molecular formula is C15H26ClN5. The van der Waals surface area contributed by atoms with E-state index in [-0.39, 0.29) is 0 Å². The van der Waals surface area contributed by atoms with E-state index in [1.807, 2.05) is 11.7 Å². The molecule has 0 radical (unpaired) electrons. The Labute approximate surface area is 131 Å². The molecule has 2 aromatic rings. The van der Waals surface area contributed by atoms with Gasteiger partial charge in [0.05, 0.1) is 5.69 Å². The highest BCUT2D eigenvalue weighted by Gasteiger charge is 2.22. The van der Waals surface area contributed by atoms with Crippen molar-refractivity contribution >= 4 is 22.8 Å². The molecule has 0 saturated heterocycles. The van der Waals surface area contributed by atoms with Crippen LogP contribution in [0.1, 0.15) is 37.8 Å². The molecule has 2 aromatic heterocycles. The van der Waals surface area contributed by atoms with Gasteiger partial charge in [0.15, 0.2) is 5.65 Å². The monoisotopic (exact) mass is 311 g/mol. The first kappa shape index (κ1) is 16.3. The van der Waals surface area contributed by atoms with Gasteiger partial charge in [0.1, 0.15) is 11.3 Å². The van der Waals surface area contributed by atoms with Crippen LogP contribution in [0.5, 0.6) is 0 Å². The highest BCUT2D eigenvalue weighted by Crippen LogP contribution is 2.25. The molecule has 2 heterocycles. The van der Waals surface area contributed by atoms with Crippen molar-refractivity contribution in [2.75, 3.05) is 26.5 Å². The lowest BCUT2D eigenvalue weighted by molar-refractivity contribution is 0.335. The average Bonchev–Trinajstić information content (AvgIpc) is 2.89. The average molecular weight is 312 g/mol. The van der Waals surface area contributed by atoms with Crippen molar-refractivity contribution < 1.29 is 0 Å². The predicted molar refractivity (Wildman–Crippen MR) is 88.2 cm³/mol. The topological polar surface area (TPSA) is 38.9 Å². The lowest BCUT2D eigenvalue weighted by atomic mass is 10.2. The van der Waals surface area contributed by atoms with Gasteiger partial charge >= 0.3 is 0 Å². The first-order valence-electron chi connectivity index (χ1n) is 7.62. The molecule has 5 nitrogen and oxygen atoms in total. The third-order valence-electron chi connectivity index (χ3n) is 3.68. The van der Waals surface area contributed by atoms with Gasteiger partial charge in [0.2, 0.25) is 0 Å². The first-order valence-corrected chi connectivity index (χ1v) is 8.16. The van der Waals surface area contributed by atoms with Gasteiger partial charge in [-0.3, -0.25) is 4.68 Å². The van der Waals surface area contributed by atoms with Gasteiger partial charge in [-0.1, -0.05) is 13.3 Å². The molecule has 0 N–H and O–H groups in total. The molecule has 0 aliphatic heterocycles. The van der Waals surface area contributed by atoms with E-state index >= 15 is 0 Å². The molecule has 0 amide bonds. The van der Waals surface area contributed by atoms with Crippen LogP contribution in [0, 0.1) is 0 Å². The quantitative estimate of drug-likeness (QED) is 0.738. The Bertz CT molecular complexity index is 599. The molecule has 0 bridgehead atoms. The van der Waals surface area contributed by atoms with Crippen LogP contribution in [0.15, 0.2) is 0 Å². The van der Waals surface area contributed by atoms with Crippen LogP contribution in [0.2, 0.25) is 0 Å². The number of fused-ring (bicyclic) bond motifs is 1. The molecule has 1 atom stereocenters. The maximum Gasteiger partial charge on any atom is 0.158 e. The van der Waals surface area contributed by atoms with E-state index in [4.69, 9.17) is 16.6 Å². The van der Waals surface area contributed by atoms with Crippen molar-refractivity contribution in [3.63, 3.8) is 0 Å². The third kappa shape index (κ3) is 3.24. The summed E-state index contributed by atoms with van der Waals surface area (Å²) in [6, 6.07) is 0.341. The molecule has 0 spiro atoms. The smallest absolute Gasteiger partial charge is 0.158 e. The number of aryl methyl sites for hydroxylation is 3. The normalized spacial score (nSPS) is 13.5. The number of alkyl halides is 1. The van der Waals surface area contributed by atoms with E-state index in [2.05, 4.69) is 42.5 Å². The van der Waals surface area contributed by atoms with Crippen LogP contribution < -0.4 is 0 Å². The number of imidazole rings is 1. The third-order valence-corrected chi connectivity index (χ3v) is 3.87. The van der Waals surface area contributed by atoms with E-state index in [0.717, 1.165) is 48.5 Å². The van der Waals surface area contributed by atoms with E-state index in [1.54, 1.807) is 0 Å².